The molecule has 0 spiro atoms. The van der Waals surface area contributed by atoms with Gasteiger partial charge in [-0.1, -0.05) is 6.92 Å². The summed E-state index contributed by atoms with van der Waals surface area (Å²) in [7, 11) is 1.26. The van der Waals surface area contributed by atoms with E-state index in [1.807, 2.05) is 6.07 Å². The Hall–Kier alpha value is -1.57. The number of nitrogens with zero attached hydrogens (tertiary/aromatic N) is 1. The number of nitriles is 1. The summed E-state index contributed by atoms with van der Waals surface area (Å²) in [6.07, 6.45) is 0.224. The first-order chi connectivity index (χ1) is 6.67. The third kappa shape index (κ3) is 3.90. The zero-order chi connectivity index (χ0) is 11.0. The molecule has 0 fully saturated rings. The lowest BCUT2D eigenvalue weighted by atomic mass is 9.92. The van der Waals surface area contributed by atoms with Crippen molar-refractivity contribution in [3.05, 3.63) is 0 Å². The molecule has 78 valence electrons. The minimum atomic E-state index is -0.565. The van der Waals surface area contributed by atoms with Crippen LogP contribution in [0.5, 0.6) is 0 Å². The highest BCUT2D eigenvalue weighted by Crippen LogP contribution is 2.16. The van der Waals surface area contributed by atoms with Gasteiger partial charge < -0.3 is 9.47 Å². The van der Waals surface area contributed by atoms with E-state index in [4.69, 9.17) is 5.26 Å². The lowest BCUT2D eigenvalue weighted by Gasteiger charge is -2.17. The summed E-state index contributed by atoms with van der Waals surface area (Å²) >= 11 is 0. The van der Waals surface area contributed by atoms with Gasteiger partial charge in [0.1, 0.15) is 6.61 Å². The Morgan fingerprint density at radius 1 is 1.64 bits per heavy atom. The molecule has 0 saturated heterocycles. The Morgan fingerprint density at radius 3 is 2.71 bits per heavy atom. The summed E-state index contributed by atoms with van der Waals surface area (Å²) in [5.41, 5.74) is 0. The minimum absolute atomic E-state index is 0.0426. The molecule has 0 aliphatic heterocycles. The molecule has 5 nitrogen and oxygen atoms in total. The Balaban J connectivity index is 4.30. The van der Waals surface area contributed by atoms with Gasteiger partial charge in [-0.3, -0.25) is 9.59 Å². The van der Waals surface area contributed by atoms with Crippen LogP contribution in [0.4, 0.5) is 0 Å². The third-order valence-corrected chi connectivity index (χ3v) is 1.95. The average Bonchev–Trinajstić information content (AvgIpc) is 2.18. The van der Waals surface area contributed by atoms with Crippen LogP contribution in [0.25, 0.3) is 0 Å². The molecule has 2 atom stereocenters. The molecule has 0 aliphatic carbocycles. The van der Waals surface area contributed by atoms with Crippen LogP contribution in [0.1, 0.15) is 13.3 Å². The molecule has 0 aromatic rings. The maximum absolute atomic E-state index is 11.2. The molecule has 0 N–H and O–H groups in total. The van der Waals surface area contributed by atoms with Crippen molar-refractivity contribution in [2.24, 2.45) is 11.8 Å². The fourth-order valence-corrected chi connectivity index (χ4v) is 1.05. The summed E-state index contributed by atoms with van der Waals surface area (Å²) in [5.74, 6) is -1.22. The van der Waals surface area contributed by atoms with Crippen LogP contribution in [-0.2, 0) is 19.1 Å². The van der Waals surface area contributed by atoms with Gasteiger partial charge in [0.15, 0.2) is 0 Å². The number of methoxy groups -OCH3 is 1. The van der Waals surface area contributed by atoms with E-state index in [1.54, 1.807) is 6.92 Å². The maximum atomic E-state index is 11.2. The predicted octanol–water partition coefficient (Wildman–Crippen LogP) is 0.498. The van der Waals surface area contributed by atoms with Gasteiger partial charge in [0.25, 0.3) is 6.47 Å². The maximum Gasteiger partial charge on any atom is 0.312 e. The lowest BCUT2D eigenvalue weighted by molar-refractivity contribution is -0.151. The average molecular weight is 199 g/mol. The number of esters is 1. The van der Waals surface area contributed by atoms with E-state index in [1.165, 1.54) is 7.11 Å². The lowest BCUT2D eigenvalue weighted by Crippen LogP contribution is -2.27. The molecule has 0 aliphatic rings. The summed E-state index contributed by atoms with van der Waals surface area (Å²) < 4.78 is 9.03. The van der Waals surface area contributed by atoms with Crippen molar-refractivity contribution in [2.45, 2.75) is 13.3 Å². The Kier molecular flexibility index (Phi) is 6.12. The highest BCUT2D eigenvalue weighted by molar-refractivity contribution is 5.72. The zero-order valence-electron chi connectivity index (χ0n) is 8.23. The second kappa shape index (κ2) is 6.89. The first-order valence-corrected chi connectivity index (χ1v) is 4.17. The third-order valence-electron chi connectivity index (χ3n) is 1.95. The van der Waals surface area contributed by atoms with E-state index in [0.29, 0.717) is 0 Å². The van der Waals surface area contributed by atoms with Crippen LogP contribution >= 0.6 is 0 Å². The van der Waals surface area contributed by atoms with Crippen LogP contribution in [-0.4, -0.2) is 26.2 Å². The van der Waals surface area contributed by atoms with Crippen molar-refractivity contribution in [1.29, 1.82) is 5.26 Å². The van der Waals surface area contributed by atoms with Crippen LogP contribution < -0.4 is 0 Å². The summed E-state index contributed by atoms with van der Waals surface area (Å²) in [6.45, 7) is 1.97. The molecule has 0 rings (SSSR count). The number of carbonyl (C=O) groups is 2. The highest BCUT2D eigenvalue weighted by atomic mass is 16.5. The Morgan fingerprint density at radius 2 is 2.29 bits per heavy atom. The second-order valence-electron chi connectivity index (χ2n) is 2.90. The molecule has 0 aromatic heterocycles. The van der Waals surface area contributed by atoms with Crippen molar-refractivity contribution in [3.63, 3.8) is 0 Å². The van der Waals surface area contributed by atoms with Gasteiger partial charge in [0.05, 0.1) is 19.1 Å². The van der Waals surface area contributed by atoms with Crippen molar-refractivity contribution in [1.82, 2.24) is 0 Å². The Bertz CT molecular complexity index is 233. The molecular formula is C9H13NO4. The van der Waals surface area contributed by atoms with Crippen LogP contribution in [0.2, 0.25) is 0 Å². The van der Waals surface area contributed by atoms with Crippen molar-refractivity contribution < 1.29 is 19.1 Å². The van der Waals surface area contributed by atoms with E-state index < -0.39 is 11.9 Å². The number of hydrogen-bond donors (Lipinski definition) is 0. The van der Waals surface area contributed by atoms with Crippen molar-refractivity contribution in [2.75, 3.05) is 13.7 Å². The van der Waals surface area contributed by atoms with E-state index >= 15 is 0 Å². The summed E-state index contributed by atoms with van der Waals surface area (Å²) in [4.78, 5) is 21.2. The van der Waals surface area contributed by atoms with E-state index in [-0.39, 0.29) is 25.4 Å². The zero-order valence-corrected chi connectivity index (χ0v) is 8.23. The fraction of sp³-hybridized carbons (Fsp3) is 0.667. The molecule has 5 heteroatoms. The first kappa shape index (κ1) is 12.4. The monoisotopic (exact) mass is 199 g/mol. The van der Waals surface area contributed by atoms with Crippen molar-refractivity contribution in [3.8, 4) is 6.07 Å². The van der Waals surface area contributed by atoms with E-state index in [0.717, 1.165) is 0 Å². The van der Waals surface area contributed by atoms with Gasteiger partial charge in [-0.25, -0.2) is 0 Å². The van der Waals surface area contributed by atoms with Crippen LogP contribution in [0, 0.1) is 23.2 Å². The molecular weight excluding hydrogens is 186 g/mol. The smallest absolute Gasteiger partial charge is 0.312 e. The molecule has 2 unspecified atom stereocenters. The van der Waals surface area contributed by atoms with Gasteiger partial charge in [0, 0.05) is 6.42 Å². The number of ether oxygens (including phenoxy) is 2. The molecule has 0 bridgehead atoms. The minimum Gasteiger partial charge on any atom is -0.469 e. The van der Waals surface area contributed by atoms with Crippen LogP contribution in [0.3, 0.4) is 0 Å². The van der Waals surface area contributed by atoms with Gasteiger partial charge in [-0.2, -0.15) is 5.26 Å². The van der Waals surface area contributed by atoms with Gasteiger partial charge in [-0.15, -0.1) is 0 Å². The molecule has 0 heterocycles. The quantitative estimate of drug-likeness (QED) is 0.460. The predicted molar refractivity (Wildman–Crippen MR) is 46.9 cm³/mol. The molecule has 0 aromatic carbocycles. The standard InChI is InChI=1S/C9H13NO4/c1-7(3-4-10)8(5-14-6-11)9(12)13-2/h6-8H,3,5H2,1-2H3. The Labute approximate surface area is 82.6 Å². The van der Waals surface area contributed by atoms with Gasteiger partial charge in [0.2, 0.25) is 0 Å². The molecule has 0 radical (unpaired) electrons. The van der Waals surface area contributed by atoms with Gasteiger partial charge in [-0.05, 0) is 5.92 Å². The van der Waals surface area contributed by atoms with Gasteiger partial charge >= 0.3 is 5.97 Å². The fourth-order valence-electron chi connectivity index (χ4n) is 1.05. The molecule has 14 heavy (non-hydrogen) atoms. The number of rotatable bonds is 6. The van der Waals surface area contributed by atoms with E-state index in [9.17, 15) is 9.59 Å². The normalized spacial score (nSPS) is 13.5. The van der Waals surface area contributed by atoms with Crippen molar-refractivity contribution >= 4 is 12.4 Å². The molecule has 0 amide bonds. The summed E-state index contributed by atoms with van der Waals surface area (Å²) in [5, 5.41) is 8.45. The largest absolute Gasteiger partial charge is 0.469 e. The topological polar surface area (TPSA) is 76.4 Å². The number of hydrogen-bond acceptors (Lipinski definition) is 5. The number of carbonyl (C=O) groups excluding carboxylic acids is 2. The highest BCUT2D eigenvalue weighted by Gasteiger charge is 2.26. The SMILES string of the molecule is COC(=O)C(COC=O)C(C)CC#N. The second-order valence-corrected chi connectivity index (χ2v) is 2.90. The van der Waals surface area contributed by atoms with Crippen LogP contribution in [0.15, 0.2) is 0 Å². The summed E-state index contributed by atoms with van der Waals surface area (Å²) in [6, 6.07) is 1.95. The molecule has 0 saturated carbocycles. The van der Waals surface area contributed by atoms with E-state index in [2.05, 4.69) is 9.47 Å². The first-order valence-electron chi connectivity index (χ1n) is 4.17.